The Hall–Kier alpha value is -3.35. The van der Waals surface area contributed by atoms with Crippen LogP contribution in [0.5, 0.6) is 0 Å². The van der Waals surface area contributed by atoms with Crippen LogP contribution in [0.3, 0.4) is 0 Å². The number of nitrogens with one attached hydrogen (secondary N) is 3. The van der Waals surface area contributed by atoms with Gasteiger partial charge in [0, 0.05) is 11.4 Å². The summed E-state index contributed by atoms with van der Waals surface area (Å²) in [5.74, 6) is -0.551. The van der Waals surface area contributed by atoms with Gasteiger partial charge in [-0.15, -0.1) is 0 Å². The molecule has 7 heteroatoms. The summed E-state index contributed by atoms with van der Waals surface area (Å²) in [6, 6.07) is 14.6. The highest BCUT2D eigenvalue weighted by Gasteiger charge is 2.16. The van der Waals surface area contributed by atoms with E-state index < -0.39 is 17.6 Å². The van der Waals surface area contributed by atoms with Crippen LogP contribution in [0.25, 0.3) is 0 Å². The second-order valence-electron chi connectivity index (χ2n) is 7.70. The third kappa shape index (κ3) is 8.47. The number of ether oxygens (including phenoxy) is 1. The minimum atomic E-state index is -0.662. The number of hydrogen-bond acceptors (Lipinski definition) is 4. The molecule has 154 valence electrons. The van der Waals surface area contributed by atoms with Gasteiger partial charge in [0.05, 0.1) is 6.42 Å². The lowest BCUT2D eigenvalue weighted by Gasteiger charge is -2.19. The molecule has 0 aliphatic rings. The molecule has 3 N–H and O–H groups in total. The summed E-state index contributed by atoms with van der Waals surface area (Å²) in [5, 5.41) is 7.88. The number of aryl methyl sites for hydroxylation is 1. The lowest BCUT2D eigenvalue weighted by atomic mass is 10.1. The maximum Gasteiger partial charge on any atom is 0.408 e. The number of rotatable bonds is 6. The van der Waals surface area contributed by atoms with Crippen molar-refractivity contribution in [1.29, 1.82) is 0 Å². The minimum Gasteiger partial charge on any atom is -0.444 e. The lowest BCUT2D eigenvalue weighted by Crippen LogP contribution is -2.37. The Kier molecular flexibility index (Phi) is 7.36. The predicted octanol–water partition coefficient (Wildman–Crippen LogP) is 3.64. The van der Waals surface area contributed by atoms with E-state index in [1.807, 2.05) is 31.2 Å². The van der Waals surface area contributed by atoms with Crippen molar-refractivity contribution >= 4 is 29.3 Å². The van der Waals surface area contributed by atoms with Crippen molar-refractivity contribution < 1.29 is 19.1 Å². The average molecular weight is 397 g/mol. The Balaban J connectivity index is 1.86. The van der Waals surface area contributed by atoms with E-state index in [1.54, 1.807) is 45.0 Å². The molecule has 0 saturated heterocycles. The molecule has 0 atom stereocenters. The van der Waals surface area contributed by atoms with E-state index in [4.69, 9.17) is 4.74 Å². The van der Waals surface area contributed by atoms with Crippen LogP contribution in [0.2, 0.25) is 0 Å². The summed E-state index contributed by atoms with van der Waals surface area (Å²) in [6.45, 7) is 6.98. The van der Waals surface area contributed by atoms with Gasteiger partial charge in [0.25, 0.3) is 0 Å². The molecule has 0 unspecified atom stereocenters. The van der Waals surface area contributed by atoms with E-state index in [9.17, 15) is 14.4 Å². The van der Waals surface area contributed by atoms with Crippen molar-refractivity contribution in [1.82, 2.24) is 5.32 Å². The average Bonchev–Trinajstić information content (AvgIpc) is 2.59. The van der Waals surface area contributed by atoms with Gasteiger partial charge in [0.1, 0.15) is 12.1 Å². The van der Waals surface area contributed by atoms with Gasteiger partial charge in [-0.2, -0.15) is 0 Å². The normalized spacial score (nSPS) is 10.8. The van der Waals surface area contributed by atoms with Crippen LogP contribution in [0, 0.1) is 6.92 Å². The molecule has 0 aliphatic carbocycles. The van der Waals surface area contributed by atoms with Gasteiger partial charge < -0.3 is 20.7 Å². The van der Waals surface area contributed by atoms with Gasteiger partial charge in [0.2, 0.25) is 11.8 Å². The predicted molar refractivity (Wildman–Crippen MR) is 113 cm³/mol. The number of benzene rings is 2. The summed E-state index contributed by atoms with van der Waals surface area (Å²) in [4.78, 5) is 35.9. The SMILES string of the molecule is Cc1cccc(CC(=O)Nc2cccc(NC(=O)CNC(=O)OC(C)(C)C)c2)c1. The number of carbonyl (C=O) groups excluding carboxylic acids is 3. The maximum absolute atomic E-state index is 12.3. The zero-order valence-electron chi connectivity index (χ0n) is 17.2. The highest BCUT2D eigenvalue weighted by Crippen LogP contribution is 2.16. The highest BCUT2D eigenvalue weighted by molar-refractivity contribution is 5.96. The number of hydrogen-bond donors (Lipinski definition) is 3. The number of alkyl carbamates (subject to hydrolysis) is 1. The summed E-state index contributed by atoms with van der Waals surface area (Å²) in [6.07, 6.45) is -0.400. The Bertz CT molecular complexity index is 888. The summed E-state index contributed by atoms with van der Waals surface area (Å²) >= 11 is 0. The maximum atomic E-state index is 12.3. The van der Waals surface area contributed by atoms with Gasteiger partial charge in [0.15, 0.2) is 0 Å². The van der Waals surface area contributed by atoms with Gasteiger partial charge in [-0.1, -0.05) is 35.9 Å². The first-order valence-electron chi connectivity index (χ1n) is 9.33. The Morgan fingerprint density at radius 1 is 0.897 bits per heavy atom. The highest BCUT2D eigenvalue weighted by atomic mass is 16.6. The molecule has 0 spiro atoms. The molecule has 3 amide bonds. The number of amides is 3. The molecule has 0 bridgehead atoms. The monoisotopic (exact) mass is 397 g/mol. The number of carbonyl (C=O) groups is 3. The zero-order valence-corrected chi connectivity index (χ0v) is 17.2. The molecule has 2 rings (SSSR count). The zero-order chi connectivity index (χ0) is 21.4. The quantitative estimate of drug-likeness (QED) is 0.693. The van der Waals surface area contributed by atoms with Crippen LogP contribution in [-0.4, -0.2) is 30.1 Å². The molecular weight excluding hydrogens is 370 g/mol. The van der Waals surface area contributed by atoms with E-state index in [-0.39, 0.29) is 18.9 Å². The molecule has 0 saturated carbocycles. The fourth-order valence-corrected chi connectivity index (χ4v) is 2.56. The van der Waals surface area contributed by atoms with Crippen LogP contribution in [-0.2, 0) is 20.7 Å². The second-order valence-corrected chi connectivity index (χ2v) is 7.70. The van der Waals surface area contributed by atoms with Crippen LogP contribution >= 0.6 is 0 Å². The van der Waals surface area contributed by atoms with Crippen LogP contribution in [0.4, 0.5) is 16.2 Å². The van der Waals surface area contributed by atoms with Gasteiger partial charge in [-0.3, -0.25) is 9.59 Å². The van der Waals surface area contributed by atoms with Crippen LogP contribution < -0.4 is 16.0 Å². The topological polar surface area (TPSA) is 96.5 Å². The second kappa shape index (κ2) is 9.73. The molecular formula is C22H27N3O4. The first-order chi connectivity index (χ1) is 13.6. The van der Waals surface area contributed by atoms with Crippen molar-refractivity contribution in [2.75, 3.05) is 17.2 Å². The Labute approximate surface area is 170 Å². The van der Waals surface area contributed by atoms with E-state index in [1.165, 1.54) is 0 Å². The molecule has 2 aromatic carbocycles. The Morgan fingerprint density at radius 2 is 1.52 bits per heavy atom. The molecule has 0 radical (unpaired) electrons. The molecule has 7 nitrogen and oxygen atoms in total. The standard InChI is InChI=1S/C22H27N3O4/c1-15-7-5-8-16(11-15)12-19(26)24-17-9-6-10-18(13-17)25-20(27)14-23-21(28)29-22(2,3)4/h5-11,13H,12,14H2,1-4H3,(H,23,28)(H,24,26)(H,25,27). The van der Waals surface area contributed by atoms with Gasteiger partial charge in [-0.05, 0) is 51.5 Å². The summed E-state index contributed by atoms with van der Waals surface area (Å²) in [5.41, 5.74) is 2.47. The van der Waals surface area contributed by atoms with Gasteiger partial charge in [-0.25, -0.2) is 4.79 Å². The lowest BCUT2D eigenvalue weighted by molar-refractivity contribution is -0.116. The fraction of sp³-hybridized carbons (Fsp3) is 0.318. The van der Waals surface area contributed by atoms with E-state index in [0.29, 0.717) is 11.4 Å². The van der Waals surface area contributed by atoms with Crippen LogP contribution in [0.15, 0.2) is 48.5 Å². The minimum absolute atomic E-state index is 0.148. The van der Waals surface area contributed by atoms with E-state index >= 15 is 0 Å². The van der Waals surface area contributed by atoms with E-state index in [2.05, 4.69) is 16.0 Å². The van der Waals surface area contributed by atoms with Crippen molar-refractivity contribution in [3.05, 3.63) is 59.7 Å². The smallest absolute Gasteiger partial charge is 0.408 e. The van der Waals surface area contributed by atoms with Crippen molar-refractivity contribution in [3.8, 4) is 0 Å². The molecule has 0 fully saturated rings. The summed E-state index contributed by atoms with van der Waals surface area (Å²) < 4.78 is 5.08. The Morgan fingerprint density at radius 3 is 2.14 bits per heavy atom. The molecule has 29 heavy (non-hydrogen) atoms. The molecule has 0 aliphatic heterocycles. The van der Waals surface area contributed by atoms with E-state index in [0.717, 1.165) is 11.1 Å². The molecule has 0 aromatic heterocycles. The van der Waals surface area contributed by atoms with Gasteiger partial charge >= 0.3 is 6.09 Å². The van der Waals surface area contributed by atoms with Crippen molar-refractivity contribution in [2.24, 2.45) is 0 Å². The molecule has 0 heterocycles. The number of anilines is 2. The first-order valence-corrected chi connectivity index (χ1v) is 9.33. The first kappa shape index (κ1) is 21.9. The largest absolute Gasteiger partial charge is 0.444 e. The summed E-state index contributed by atoms with van der Waals surface area (Å²) in [7, 11) is 0. The fourth-order valence-electron chi connectivity index (χ4n) is 2.56. The third-order valence-electron chi connectivity index (χ3n) is 3.67. The molecule has 2 aromatic rings. The third-order valence-corrected chi connectivity index (χ3v) is 3.67. The van der Waals surface area contributed by atoms with Crippen LogP contribution in [0.1, 0.15) is 31.9 Å². The van der Waals surface area contributed by atoms with Crippen molar-refractivity contribution in [2.45, 2.75) is 39.7 Å². The van der Waals surface area contributed by atoms with Crippen molar-refractivity contribution in [3.63, 3.8) is 0 Å².